The summed E-state index contributed by atoms with van der Waals surface area (Å²) in [6.07, 6.45) is 9.20. The number of likely N-dealkylation sites (tertiary alicyclic amines) is 1. The first-order chi connectivity index (χ1) is 21.6. The van der Waals surface area contributed by atoms with Crippen LogP contribution in [0.15, 0.2) is 49.1 Å². The molecule has 2 aliphatic rings. The Morgan fingerprint density at radius 3 is 2.89 bits per heavy atom. The molecule has 5 aromatic rings. The van der Waals surface area contributed by atoms with Crippen LogP contribution < -0.4 is 20.1 Å². The molecule has 13 nitrogen and oxygen atoms in total. The van der Waals surface area contributed by atoms with Crippen molar-refractivity contribution in [1.82, 2.24) is 39.6 Å². The van der Waals surface area contributed by atoms with Gasteiger partial charge in [0.1, 0.15) is 23.8 Å². The van der Waals surface area contributed by atoms with Gasteiger partial charge in [-0.15, -0.1) is 0 Å². The van der Waals surface area contributed by atoms with Gasteiger partial charge in [-0.05, 0) is 44.0 Å². The molecule has 1 saturated heterocycles. The minimum absolute atomic E-state index is 0.259. The predicted octanol–water partition coefficient (Wildman–Crippen LogP) is 3.03. The molecule has 228 valence electrons. The largest absolute Gasteiger partial charge is 0.494 e. The lowest BCUT2D eigenvalue weighted by Crippen LogP contribution is -2.40. The molecule has 2 aliphatic heterocycles. The average molecular weight is 598 g/mol. The Hall–Kier alpha value is -4.75. The van der Waals surface area contributed by atoms with Gasteiger partial charge in [-0.25, -0.2) is 14.2 Å². The van der Waals surface area contributed by atoms with Crippen LogP contribution in [0.5, 0.6) is 11.5 Å². The fourth-order valence-electron chi connectivity index (χ4n) is 6.02. The van der Waals surface area contributed by atoms with Crippen molar-refractivity contribution in [2.75, 3.05) is 65.5 Å². The van der Waals surface area contributed by atoms with Gasteiger partial charge in [0.2, 0.25) is 0 Å². The van der Waals surface area contributed by atoms with Crippen molar-refractivity contribution in [3.8, 4) is 28.4 Å². The van der Waals surface area contributed by atoms with E-state index in [4.69, 9.17) is 24.3 Å². The molecule has 0 unspecified atom stereocenters. The van der Waals surface area contributed by atoms with Crippen molar-refractivity contribution in [1.29, 1.82) is 0 Å². The van der Waals surface area contributed by atoms with Crippen LogP contribution in [-0.2, 0) is 4.74 Å². The Bertz CT molecular complexity index is 1810. The van der Waals surface area contributed by atoms with Gasteiger partial charge in [0.15, 0.2) is 11.3 Å². The number of aromatic nitrogens is 6. The number of carbonyl (C=O) groups excluding carboxylic acids is 1. The first-order valence-electron chi connectivity index (χ1n) is 14.9. The number of carbonyl (C=O) groups is 1. The lowest BCUT2D eigenvalue weighted by atomic mass is 9.98. The minimum atomic E-state index is -0.259. The van der Waals surface area contributed by atoms with E-state index in [1.807, 2.05) is 30.5 Å². The molecule has 0 radical (unpaired) electrons. The Balaban J connectivity index is 1.23. The van der Waals surface area contributed by atoms with Crippen LogP contribution in [0.1, 0.15) is 23.3 Å². The number of benzene rings is 1. The maximum absolute atomic E-state index is 13.6. The average Bonchev–Trinajstić information content (AvgIpc) is 3.67. The molecule has 7 rings (SSSR count). The molecule has 1 fully saturated rings. The number of hydrogen-bond acceptors (Lipinski definition) is 10. The van der Waals surface area contributed by atoms with E-state index in [-0.39, 0.29) is 11.6 Å². The first kappa shape index (κ1) is 28.0. The molecule has 0 aliphatic carbocycles. The molecule has 6 heterocycles. The van der Waals surface area contributed by atoms with Gasteiger partial charge in [0.05, 0.1) is 41.2 Å². The number of nitrogens with one attached hydrogen (secondary N) is 2. The van der Waals surface area contributed by atoms with Crippen LogP contribution in [0.25, 0.3) is 33.5 Å². The quantitative estimate of drug-likeness (QED) is 0.261. The number of pyridine rings is 1. The van der Waals surface area contributed by atoms with Crippen molar-refractivity contribution >= 4 is 28.1 Å². The smallest absolute Gasteiger partial charge is 0.272 e. The topological polar surface area (TPSA) is 133 Å². The summed E-state index contributed by atoms with van der Waals surface area (Å²) >= 11 is 0. The summed E-state index contributed by atoms with van der Waals surface area (Å²) in [5.74, 6) is 1.63. The van der Waals surface area contributed by atoms with E-state index in [0.717, 1.165) is 50.3 Å². The minimum Gasteiger partial charge on any atom is -0.494 e. The maximum Gasteiger partial charge on any atom is 0.272 e. The van der Waals surface area contributed by atoms with Crippen LogP contribution >= 0.6 is 0 Å². The Morgan fingerprint density at radius 1 is 1.16 bits per heavy atom. The summed E-state index contributed by atoms with van der Waals surface area (Å²) in [6.45, 7) is 5.36. The van der Waals surface area contributed by atoms with E-state index >= 15 is 0 Å². The van der Waals surface area contributed by atoms with E-state index < -0.39 is 0 Å². The molecule has 4 aromatic heterocycles. The lowest BCUT2D eigenvalue weighted by molar-refractivity contribution is 0.0910. The van der Waals surface area contributed by atoms with Crippen LogP contribution in [0.2, 0.25) is 0 Å². The van der Waals surface area contributed by atoms with E-state index in [0.29, 0.717) is 65.0 Å². The number of rotatable bonds is 9. The van der Waals surface area contributed by atoms with E-state index in [1.165, 1.54) is 0 Å². The molecule has 0 saturated carbocycles. The molecule has 1 aromatic carbocycles. The molecular formula is C31H35N9O4. The summed E-state index contributed by atoms with van der Waals surface area (Å²) in [5.41, 5.74) is 4.58. The predicted molar refractivity (Wildman–Crippen MR) is 165 cm³/mol. The highest BCUT2D eigenvalue weighted by Gasteiger charge is 2.25. The van der Waals surface area contributed by atoms with Crippen LogP contribution in [0, 0.1) is 5.92 Å². The standard InChI is InChI=1S/C31H35N9O4/c1-42-19-20-4-10-38(11-5-20)12-7-34-31(41)29-22-17-35-23(21-18-36-39-9-3-6-33-30(21)39)14-25(22)40(37-29)26-16-27-24(15-28(26)43-2)32-8-13-44-27/h3,6,9,14-18,20,32H,4-5,7-8,10-13,19H2,1-2H3,(H,34,41). The zero-order valence-corrected chi connectivity index (χ0v) is 24.8. The summed E-state index contributed by atoms with van der Waals surface area (Å²) in [4.78, 5) is 25.2. The van der Waals surface area contributed by atoms with Gasteiger partial charge in [0.25, 0.3) is 5.91 Å². The van der Waals surface area contributed by atoms with E-state index in [9.17, 15) is 4.79 Å². The van der Waals surface area contributed by atoms with Gasteiger partial charge >= 0.3 is 0 Å². The van der Waals surface area contributed by atoms with Crippen molar-refractivity contribution in [2.45, 2.75) is 12.8 Å². The van der Waals surface area contributed by atoms with E-state index in [2.05, 4.69) is 25.6 Å². The SMILES string of the molecule is COCC1CCN(CCNC(=O)c2nn(-c3cc4c(cc3OC)NCCO4)c3cc(-c4cnn5cccnc45)ncc23)CC1. The number of fused-ring (bicyclic) bond motifs is 3. The van der Waals surface area contributed by atoms with Crippen molar-refractivity contribution in [2.24, 2.45) is 5.92 Å². The number of hydrogen-bond donors (Lipinski definition) is 2. The molecule has 13 heteroatoms. The maximum atomic E-state index is 13.6. The molecule has 0 spiro atoms. The molecule has 1 amide bonds. The highest BCUT2D eigenvalue weighted by atomic mass is 16.5. The number of piperidine rings is 1. The summed E-state index contributed by atoms with van der Waals surface area (Å²) < 4.78 is 20.5. The summed E-state index contributed by atoms with van der Waals surface area (Å²) in [7, 11) is 3.37. The van der Waals surface area contributed by atoms with Crippen molar-refractivity contribution < 1.29 is 19.0 Å². The number of anilines is 1. The highest BCUT2D eigenvalue weighted by molar-refractivity contribution is 6.05. The fourth-order valence-corrected chi connectivity index (χ4v) is 6.02. The lowest BCUT2D eigenvalue weighted by Gasteiger charge is -2.31. The monoisotopic (exact) mass is 597 g/mol. The third-order valence-electron chi connectivity index (χ3n) is 8.34. The Morgan fingerprint density at radius 2 is 2.05 bits per heavy atom. The molecule has 2 N–H and O–H groups in total. The van der Waals surface area contributed by atoms with Crippen LogP contribution in [0.4, 0.5) is 5.69 Å². The first-order valence-corrected chi connectivity index (χ1v) is 14.9. The second-order valence-electron chi connectivity index (χ2n) is 11.1. The van der Waals surface area contributed by atoms with Crippen LogP contribution in [-0.4, -0.2) is 100 Å². The Kier molecular flexibility index (Phi) is 7.71. The van der Waals surface area contributed by atoms with E-state index in [1.54, 1.807) is 42.0 Å². The van der Waals surface area contributed by atoms with Crippen LogP contribution in [0.3, 0.4) is 0 Å². The normalized spacial score (nSPS) is 15.6. The van der Waals surface area contributed by atoms with Gasteiger partial charge in [-0.1, -0.05) is 0 Å². The van der Waals surface area contributed by atoms with Gasteiger partial charge < -0.3 is 29.7 Å². The fraction of sp³-hybridized carbons (Fsp3) is 0.387. The molecule has 0 atom stereocenters. The van der Waals surface area contributed by atoms with Crippen molar-refractivity contribution in [3.63, 3.8) is 0 Å². The number of amides is 1. The van der Waals surface area contributed by atoms with Gasteiger partial charge in [-0.2, -0.15) is 10.2 Å². The second kappa shape index (κ2) is 12.1. The Labute approximate surface area is 254 Å². The molecule has 44 heavy (non-hydrogen) atoms. The summed E-state index contributed by atoms with van der Waals surface area (Å²) in [5, 5.41) is 16.3. The zero-order chi connectivity index (χ0) is 30.0. The molecule has 0 bridgehead atoms. The summed E-state index contributed by atoms with van der Waals surface area (Å²) in [6, 6.07) is 7.51. The van der Waals surface area contributed by atoms with Crippen molar-refractivity contribution in [3.05, 3.63) is 54.7 Å². The van der Waals surface area contributed by atoms with Gasteiger partial charge in [-0.3, -0.25) is 9.78 Å². The number of ether oxygens (including phenoxy) is 3. The molecular weight excluding hydrogens is 562 g/mol. The second-order valence-corrected chi connectivity index (χ2v) is 11.1. The highest BCUT2D eigenvalue weighted by Crippen LogP contribution is 2.38. The third kappa shape index (κ3) is 5.28. The number of nitrogens with zero attached hydrogens (tertiary/aromatic N) is 7. The number of methoxy groups -OCH3 is 2. The zero-order valence-electron chi connectivity index (χ0n) is 24.8. The third-order valence-corrected chi connectivity index (χ3v) is 8.34. The van der Waals surface area contributed by atoms with Gasteiger partial charge in [0, 0.05) is 64.1 Å².